The molecule has 1 fully saturated rings. The minimum atomic E-state index is 0.337. The number of rotatable bonds is 4. The molecular formula is C17H22N2O. The predicted octanol–water partition coefficient (Wildman–Crippen LogP) is 2.64. The average Bonchev–Trinajstić information content (AvgIpc) is 2.47. The first-order chi connectivity index (χ1) is 9.81. The van der Waals surface area contributed by atoms with Crippen LogP contribution < -0.4 is 10.5 Å². The lowest BCUT2D eigenvalue weighted by molar-refractivity contribution is 0.171. The summed E-state index contributed by atoms with van der Waals surface area (Å²) in [6, 6.07) is 15.0. The van der Waals surface area contributed by atoms with Crippen molar-refractivity contribution in [3.63, 3.8) is 0 Å². The number of hydrogen-bond acceptors (Lipinski definition) is 3. The fourth-order valence-corrected chi connectivity index (χ4v) is 2.84. The van der Waals surface area contributed by atoms with Crippen molar-refractivity contribution in [3.8, 4) is 5.75 Å². The molecule has 1 heterocycles. The number of ether oxygens (including phenoxy) is 1. The molecule has 1 aliphatic heterocycles. The van der Waals surface area contributed by atoms with Crippen LogP contribution in [0.4, 0.5) is 0 Å². The summed E-state index contributed by atoms with van der Waals surface area (Å²) in [5.41, 5.74) is 5.99. The number of piperidine rings is 1. The van der Waals surface area contributed by atoms with Gasteiger partial charge in [0.15, 0.2) is 0 Å². The maximum absolute atomic E-state index is 5.99. The highest BCUT2D eigenvalue weighted by atomic mass is 16.5. The van der Waals surface area contributed by atoms with Crippen LogP contribution in [0, 0.1) is 0 Å². The van der Waals surface area contributed by atoms with Crippen LogP contribution in [0.2, 0.25) is 0 Å². The van der Waals surface area contributed by atoms with E-state index in [1.165, 1.54) is 17.2 Å². The third-order valence-corrected chi connectivity index (χ3v) is 3.94. The lowest BCUT2D eigenvalue weighted by Crippen LogP contribution is -2.44. The van der Waals surface area contributed by atoms with Crippen molar-refractivity contribution in [1.82, 2.24) is 4.90 Å². The van der Waals surface area contributed by atoms with Gasteiger partial charge < -0.3 is 10.5 Å². The van der Waals surface area contributed by atoms with E-state index >= 15 is 0 Å². The summed E-state index contributed by atoms with van der Waals surface area (Å²) in [5.74, 6) is 0.949. The number of nitrogens with zero attached hydrogens (tertiary/aromatic N) is 1. The second kappa shape index (κ2) is 6.25. The number of likely N-dealkylation sites (tertiary alicyclic amines) is 1. The van der Waals surface area contributed by atoms with Crippen molar-refractivity contribution >= 4 is 10.8 Å². The lowest BCUT2D eigenvalue weighted by Gasteiger charge is -2.30. The van der Waals surface area contributed by atoms with Crippen LogP contribution in [0.15, 0.2) is 42.5 Å². The van der Waals surface area contributed by atoms with Crippen molar-refractivity contribution in [2.24, 2.45) is 5.73 Å². The Bertz CT molecular complexity index is 570. The van der Waals surface area contributed by atoms with E-state index in [0.717, 1.165) is 38.4 Å². The van der Waals surface area contributed by atoms with Gasteiger partial charge in [-0.2, -0.15) is 0 Å². The third kappa shape index (κ3) is 3.30. The largest absolute Gasteiger partial charge is 0.492 e. The Morgan fingerprint density at radius 3 is 2.85 bits per heavy atom. The normalized spacial score (nSPS) is 20.1. The molecule has 3 nitrogen and oxygen atoms in total. The summed E-state index contributed by atoms with van der Waals surface area (Å²) in [6.07, 6.45) is 2.36. The van der Waals surface area contributed by atoms with E-state index in [1.54, 1.807) is 0 Å². The molecule has 0 aromatic heterocycles. The Hall–Kier alpha value is -1.58. The molecule has 1 aliphatic rings. The number of hydrogen-bond donors (Lipinski definition) is 1. The standard InChI is InChI=1S/C17H22N2O/c18-16-6-3-9-19(13-16)10-11-20-17-8-7-14-4-1-2-5-15(14)12-17/h1-2,4-5,7-8,12,16H,3,6,9-11,13,18H2/t16-/m1/s1. The first-order valence-corrected chi connectivity index (χ1v) is 7.41. The minimum Gasteiger partial charge on any atom is -0.492 e. The van der Waals surface area contributed by atoms with Gasteiger partial charge in [-0.05, 0) is 42.3 Å². The lowest BCUT2D eigenvalue weighted by atomic mass is 10.1. The van der Waals surface area contributed by atoms with Crippen molar-refractivity contribution in [1.29, 1.82) is 0 Å². The molecule has 0 aliphatic carbocycles. The highest BCUT2D eigenvalue weighted by Crippen LogP contribution is 2.20. The Labute approximate surface area is 120 Å². The van der Waals surface area contributed by atoms with Crippen LogP contribution in [0.1, 0.15) is 12.8 Å². The molecule has 2 aromatic carbocycles. The summed E-state index contributed by atoms with van der Waals surface area (Å²) < 4.78 is 5.87. The van der Waals surface area contributed by atoms with E-state index in [0.29, 0.717) is 6.04 Å². The summed E-state index contributed by atoms with van der Waals surface area (Å²) in [6.45, 7) is 3.83. The first kappa shape index (κ1) is 13.4. The second-order valence-corrected chi connectivity index (χ2v) is 5.56. The monoisotopic (exact) mass is 270 g/mol. The van der Waals surface area contributed by atoms with E-state index in [2.05, 4.69) is 41.3 Å². The SMILES string of the molecule is N[C@@H]1CCCN(CCOc2ccc3ccccc3c2)C1. The highest BCUT2D eigenvalue weighted by molar-refractivity contribution is 5.83. The Kier molecular flexibility index (Phi) is 4.19. The molecule has 0 saturated carbocycles. The molecule has 1 saturated heterocycles. The molecule has 0 radical (unpaired) electrons. The predicted molar refractivity (Wildman–Crippen MR) is 83.1 cm³/mol. The summed E-state index contributed by atoms with van der Waals surface area (Å²) in [5, 5.41) is 2.48. The maximum Gasteiger partial charge on any atom is 0.120 e. The molecule has 20 heavy (non-hydrogen) atoms. The van der Waals surface area contributed by atoms with E-state index in [9.17, 15) is 0 Å². The molecule has 0 bridgehead atoms. The van der Waals surface area contributed by atoms with Gasteiger partial charge in [0, 0.05) is 19.1 Å². The molecule has 2 aromatic rings. The van der Waals surface area contributed by atoms with Gasteiger partial charge in [0.25, 0.3) is 0 Å². The van der Waals surface area contributed by atoms with Crippen LogP contribution in [0.5, 0.6) is 5.75 Å². The zero-order valence-electron chi connectivity index (χ0n) is 11.8. The fourth-order valence-electron chi connectivity index (χ4n) is 2.84. The summed E-state index contributed by atoms with van der Waals surface area (Å²) in [7, 11) is 0. The molecular weight excluding hydrogens is 248 g/mol. The highest BCUT2D eigenvalue weighted by Gasteiger charge is 2.15. The molecule has 106 valence electrons. The zero-order valence-corrected chi connectivity index (χ0v) is 11.8. The number of benzene rings is 2. The first-order valence-electron chi connectivity index (χ1n) is 7.41. The van der Waals surface area contributed by atoms with Gasteiger partial charge in [0.05, 0.1) is 0 Å². The second-order valence-electron chi connectivity index (χ2n) is 5.56. The fraction of sp³-hybridized carbons (Fsp3) is 0.412. The van der Waals surface area contributed by atoms with Gasteiger partial charge in [-0.3, -0.25) is 4.90 Å². The van der Waals surface area contributed by atoms with Crippen molar-refractivity contribution in [3.05, 3.63) is 42.5 Å². The molecule has 3 rings (SSSR count). The Morgan fingerprint density at radius 1 is 1.15 bits per heavy atom. The van der Waals surface area contributed by atoms with Crippen LogP contribution in [-0.2, 0) is 0 Å². The Balaban J connectivity index is 1.54. The van der Waals surface area contributed by atoms with E-state index in [4.69, 9.17) is 10.5 Å². The average molecular weight is 270 g/mol. The zero-order chi connectivity index (χ0) is 13.8. The van der Waals surface area contributed by atoms with Crippen LogP contribution in [0.25, 0.3) is 10.8 Å². The van der Waals surface area contributed by atoms with Crippen molar-refractivity contribution in [2.45, 2.75) is 18.9 Å². The molecule has 1 atom stereocenters. The number of nitrogens with two attached hydrogens (primary N) is 1. The van der Waals surface area contributed by atoms with E-state index in [-0.39, 0.29) is 0 Å². The van der Waals surface area contributed by atoms with E-state index in [1.807, 2.05) is 6.07 Å². The smallest absolute Gasteiger partial charge is 0.120 e. The maximum atomic E-state index is 5.99. The van der Waals surface area contributed by atoms with E-state index < -0.39 is 0 Å². The molecule has 0 amide bonds. The number of fused-ring (bicyclic) bond motifs is 1. The van der Waals surface area contributed by atoms with Gasteiger partial charge in [0.2, 0.25) is 0 Å². The minimum absolute atomic E-state index is 0.337. The van der Waals surface area contributed by atoms with Gasteiger partial charge in [-0.15, -0.1) is 0 Å². The van der Waals surface area contributed by atoms with Gasteiger partial charge >= 0.3 is 0 Å². The van der Waals surface area contributed by atoms with Crippen molar-refractivity contribution in [2.75, 3.05) is 26.2 Å². The molecule has 0 spiro atoms. The third-order valence-electron chi connectivity index (χ3n) is 3.94. The van der Waals surface area contributed by atoms with Gasteiger partial charge in [0.1, 0.15) is 12.4 Å². The Morgan fingerprint density at radius 2 is 2.00 bits per heavy atom. The summed E-state index contributed by atoms with van der Waals surface area (Å²) in [4.78, 5) is 2.40. The van der Waals surface area contributed by atoms with Crippen LogP contribution >= 0.6 is 0 Å². The van der Waals surface area contributed by atoms with Crippen molar-refractivity contribution < 1.29 is 4.74 Å². The molecule has 0 unspecified atom stereocenters. The molecule has 2 N–H and O–H groups in total. The van der Waals surface area contributed by atoms with Gasteiger partial charge in [-0.1, -0.05) is 30.3 Å². The van der Waals surface area contributed by atoms with Crippen LogP contribution in [-0.4, -0.2) is 37.2 Å². The quantitative estimate of drug-likeness (QED) is 0.928. The molecule has 3 heteroatoms. The van der Waals surface area contributed by atoms with Gasteiger partial charge in [-0.25, -0.2) is 0 Å². The van der Waals surface area contributed by atoms with Crippen LogP contribution in [0.3, 0.4) is 0 Å². The topological polar surface area (TPSA) is 38.5 Å². The summed E-state index contributed by atoms with van der Waals surface area (Å²) >= 11 is 0.